The number of fused-ring (bicyclic) bond motifs is 1. The second-order valence-corrected chi connectivity index (χ2v) is 7.02. The fourth-order valence-corrected chi connectivity index (χ4v) is 2.69. The smallest absolute Gasteiger partial charge is 0.283 e. The van der Waals surface area contributed by atoms with E-state index in [1.165, 1.54) is 18.5 Å². The molecule has 6 heteroatoms. The number of aromatic nitrogens is 3. The molecule has 0 atom stereocenters. The molecule has 0 saturated heterocycles. The van der Waals surface area contributed by atoms with E-state index in [1.54, 1.807) is 19.1 Å². The van der Waals surface area contributed by atoms with Crippen molar-refractivity contribution < 1.29 is 9.18 Å². The summed E-state index contributed by atoms with van der Waals surface area (Å²) >= 11 is 0. The van der Waals surface area contributed by atoms with Gasteiger partial charge in [-0.15, -0.1) is 0 Å². The zero-order valence-electron chi connectivity index (χ0n) is 14.5. The summed E-state index contributed by atoms with van der Waals surface area (Å²) in [4.78, 5) is 28.2. The molecule has 0 bridgehead atoms. The third kappa shape index (κ3) is 2.84. The van der Waals surface area contributed by atoms with Gasteiger partial charge in [-0.25, -0.2) is 9.37 Å². The third-order valence-electron chi connectivity index (χ3n) is 4.21. The number of benzene rings is 1. The molecule has 0 amide bonds. The number of pyridine rings is 1. The maximum absolute atomic E-state index is 14.7. The maximum Gasteiger partial charge on any atom is 0.283 e. The fourth-order valence-electron chi connectivity index (χ4n) is 2.69. The summed E-state index contributed by atoms with van der Waals surface area (Å²) in [5.74, 6) is -0.509. The van der Waals surface area contributed by atoms with E-state index in [0.717, 1.165) is 10.2 Å². The molecule has 0 N–H and O–H groups in total. The van der Waals surface area contributed by atoms with E-state index in [2.05, 4.69) is 10.1 Å². The molecule has 0 aliphatic heterocycles. The van der Waals surface area contributed by atoms with Gasteiger partial charge in [0.1, 0.15) is 5.82 Å². The summed E-state index contributed by atoms with van der Waals surface area (Å²) < 4.78 is 15.6. The Balaban J connectivity index is 2.33. The number of rotatable bonds is 2. The van der Waals surface area contributed by atoms with Crippen LogP contribution in [0.25, 0.3) is 16.6 Å². The number of aryl methyl sites for hydroxylation is 1. The zero-order chi connectivity index (χ0) is 18.4. The highest BCUT2D eigenvalue weighted by Crippen LogP contribution is 2.27. The predicted octanol–water partition coefficient (Wildman–Crippen LogP) is 3.34. The number of carbonyl (C=O) groups excluding carboxylic acids is 1. The SMILES string of the molecule is Cc1ccnc(-n2ncc3cc(C(C)(C)C)cc(F)c3c2=O)c1C=O. The van der Waals surface area contributed by atoms with Gasteiger partial charge in [0, 0.05) is 11.6 Å². The molecule has 0 unspecified atom stereocenters. The van der Waals surface area contributed by atoms with Gasteiger partial charge in [-0.3, -0.25) is 9.59 Å². The summed E-state index contributed by atoms with van der Waals surface area (Å²) in [6.07, 6.45) is 3.53. The Labute approximate surface area is 144 Å². The first-order chi connectivity index (χ1) is 11.7. The molecule has 0 radical (unpaired) electrons. The van der Waals surface area contributed by atoms with Crippen molar-refractivity contribution in [1.82, 2.24) is 14.8 Å². The monoisotopic (exact) mass is 339 g/mol. The normalized spacial score (nSPS) is 11.7. The van der Waals surface area contributed by atoms with Crippen molar-refractivity contribution >= 4 is 17.1 Å². The topological polar surface area (TPSA) is 64.8 Å². The van der Waals surface area contributed by atoms with Crippen molar-refractivity contribution in [2.45, 2.75) is 33.1 Å². The molecule has 5 nitrogen and oxygen atoms in total. The van der Waals surface area contributed by atoms with Crippen molar-refractivity contribution in [2.75, 3.05) is 0 Å². The van der Waals surface area contributed by atoms with Crippen LogP contribution in [0.3, 0.4) is 0 Å². The highest BCUT2D eigenvalue weighted by Gasteiger charge is 2.20. The number of aldehydes is 1. The Kier molecular flexibility index (Phi) is 3.99. The van der Waals surface area contributed by atoms with Gasteiger partial charge < -0.3 is 0 Å². The molecule has 0 spiro atoms. The van der Waals surface area contributed by atoms with Crippen LogP contribution in [0.2, 0.25) is 0 Å². The molecule has 0 saturated carbocycles. The number of hydrogen-bond donors (Lipinski definition) is 0. The minimum Gasteiger partial charge on any atom is -0.298 e. The molecular weight excluding hydrogens is 321 g/mol. The molecule has 3 aromatic rings. The van der Waals surface area contributed by atoms with Crippen LogP contribution >= 0.6 is 0 Å². The fraction of sp³-hybridized carbons (Fsp3) is 0.263. The lowest BCUT2D eigenvalue weighted by molar-refractivity contribution is 0.112. The molecule has 1 aromatic carbocycles. The Morgan fingerprint density at radius 3 is 2.60 bits per heavy atom. The Hall–Kier alpha value is -2.89. The van der Waals surface area contributed by atoms with Gasteiger partial charge in [-0.05, 0) is 41.7 Å². The van der Waals surface area contributed by atoms with Gasteiger partial charge in [0.2, 0.25) is 0 Å². The Morgan fingerprint density at radius 1 is 1.24 bits per heavy atom. The summed E-state index contributed by atoms with van der Waals surface area (Å²) in [6.45, 7) is 7.64. The van der Waals surface area contributed by atoms with Gasteiger partial charge in [0.25, 0.3) is 5.56 Å². The molecule has 0 fully saturated rings. The first-order valence-electron chi connectivity index (χ1n) is 7.87. The summed E-state index contributed by atoms with van der Waals surface area (Å²) in [7, 11) is 0. The van der Waals surface area contributed by atoms with Crippen molar-refractivity contribution in [3.8, 4) is 5.82 Å². The van der Waals surface area contributed by atoms with Crippen LogP contribution in [0.15, 0.2) is 35.4 Å². The number of nitrogens with zero attached hydrogens (tertiary/aromatic N) is 3. The lowest BCUT2D eigenvalue weighted by Gasteiger charge is -2.19. The van der Waals surface area contributed by atoms with Gasteiger partial charge in [0.05, 0.1) is 17.1 Å². The van der Waals surface area contributed by atoms with E-state index >= 15 is 0 Å². The molecule has 2 aromatic heterocycles. The third-order valence-corrected chi connectivity index (χ3v) is 4.21. The zero-order valence-corrected chi connectivity index (χ0v) is 14.5. The number of halogens is 1. The molecule has 25 heavy (non-hydrogen) atoms. The predicted molar refractivity (Wildman–Crippen MR) is 93.9 cm³/mol. The van der Waals surface area contributed by atoms with E-state index < -0.39 is 11.4 Å². The second kappa shape index (κ2) is 5.88. The average molecular weight is 339 g/mol. The highest BCUT2D eigenvalue weighted by molar-refractivity contribution is 5.84. The molecule has 0 aliphatic rings. The molecule has 3 rings (SSSR count). The molecule has 0 aliphatic carbocycles. The molecular formula is C19H18FN3O2. The van der Waals surface area contributed by atoms with Crippen molar-refractivity contribution in [1.29, 1.82) is 0 Å². The van der Waals surface area contributed by atoms with Crippen LogP contribution in [-0.4, -0.2) is 21.1 Å². The number of hydrogen-bond acceptors (Lipinski definition) is 4. The van der Waals surface area contributed by atoms with Crippen LogP contribution < -0.4 is 5.56 Å². The van der Waals surface area contributed by atoms with Crippen LogP contribution in [0.4, 0.5) is 4.39 Å². The van der Waals surface area contributed by atoms with Gasteiger partial charge in [-0.2, -0.15) is 9.78 Å². The summed E-state index contributed by atoms with van der Waals surface area (Å²) in [5.41, 5.74) is 0.794. The standard InChI is InChI=1S/C19H18FN3O2/c1-11-5-6-21-17(14(11)10-24)23-18(25)16-12(9-22-23)7-13(8-15(16)20)19(2,3)4/h5-10H,1-4H3. The maximum atomic E-state index is 14.7. The Bertz CT molecular complexity index is 1050. The lowest BCUT2D eigenvalue weighted by Crippen LogP contribution is -2.24. The van der Waals surface area contributed by atoms with Crippen LogP contribution in [0.1, 0.15) is 42.3 Å². The van der Waals surface area contributed by atoms with E-state index in [-0.39, 0.29) is 22.2 Å². The quantitative estimate of drug-likeness (QED) is 0.672. The van der Waals surface area contributed by atoms with Crippen LogP contribution in [0.5, 0.6) is 0 Å². The summed E-state index contributed by atoms with van der Waals surface area (Å²) in [6, 6.07) is 4.80. The summed E-state index contributed by atoms with van der Waals surface area (Å²) in [5, 5.41) is 4.46. The van der Waals surface area contributed by atoms with Gasteiger partial charge in [-0.1, -0.05) is 20.8 Å². The second-order valence-electron chi connectivity index (χ2n) is 7.02. The highest BCUT2D eigenvalue weighted by atomic mass is 19.1. The van der Waals surface area contributed by atoms with E-state index in [1.807, 2.05) is 20.8 Å². The number of carbonyl (C=O) groups is 1. The largest absolute Gasteiger partial charge is 0.298 e. The van der Waals surface area contributed by atoms with Gasteiger partial charge >= 0.3 is 0 Å². The van der Waals surface area contributed by atoms with E-state index in [9.17, 15) is 14.0 Å². The van der Waals surface area contributed by atoms with Crippen molar-refractivity contribution in [3.63, 3.8) is 0 Å². The minimum atomic E-state index is -0.642. The minimum absolute atomic E-state index is 0.0665. The van der Waals surface area contributed by atoms with Crippen molar-refractivity contribution in [2.24, 2.45) is 0 Å². The van der Waals surface area contributed by atoms with Crippen LogP contribution in [0, 0.1) is 12.7 Å². The molecule has 128 valence electrons. The van der Waals surface area contributed by atoms with E-state index in [4.69, 9.17) is 0 Å². The first-order valence-corrected chi connectivity index (χ1v) is 7.87. The van der Waals surface area contributed by atoms with Crippen molar-refractivity contribution in [3.05, 3.63) is 63.5 Å². The average Bonchev–Trinajstić information content (AvgIpc) is 2.53. The lowest BCUT2D eigenvalue weighted by atomic mass is 9.86. The van der Waals surface area contributed by atoms with Crippen LogP contribution in [-0.2, 0) is 5.41 Å². The van der Waals surface area contributed by atoms with Gasteiger partial charge in [0.15, 0.2) is 12.1 Å². The Morgan fingerprint density at radius 2 is 1.96 bits per heavy atom. The van der Waals surface area contributed by atoms with E-state index in [0.29, 0.717) is 17.2 Å². The molecule has 2 heterocycles. The first kappa shape index (κ1) is 17.0.